The Bertz CT molecular complexity index is 2290. The number of hydrogen-bond acceptors (Lipinski definition) is 14. The summed E-state index contributed by atoms with van der Waals surface area (Å²) in [4.78, 5) is -3.99. The molecule has 0 aliphatic carbocycles. The lowest BCUT2D eigenvalue weighted by molar-refractivity contribution is 0.458. The van der Waals surface area contributed by atoms with Crippen LogP contribution >= 0.6 is 0 Å². The number of aromatic hydroxyl groups is 2. The Labute approximate surface area is 260 Å². The van der Waals surface area contributed by atoms with Gasteiger partial charge in [-0.1, -0.05) is 12.1 Å². The summed E-state index contributed by atoms with van der Waals surface area (Å²) < 4.78 is 135. The van der Waals surface area contributed by atoms with E-state index in [1.807, 2.05) is 0 Å². The molecule has 0 aromatic heterocycles. The molecule has 4 rings (SSSR count). The number of phenols is 2. The molecule has 244 valence electrons. The first-order chi connectivity index (χ1) is 21.0. The molecular weight excluding hydrogens is 697 g/mol. The van der Waals surface area contributed by atoms with Crippen molar-refractivity contribution in [1.29, 1.82) is 0 Å². The van der Waals surface area contributed by atoms with E-state index in [9.17, 15) is 62.1 Å². The fraction of sp³-hybridized carbons (Fsp3) is 0.0833. The fourth-order valence-electron chi connectivity index (χ4n) is 4.08. The molecule has 4 aromatic carbocycles. The van der Waals surface area contributed by atoms with Gasteiger partial charge in [-0.3, -0.25) is 18.2 Å². The van der Waals surface area contributed by atoms with Gasteiger partial charge >= 0.3 is 0 Å². The van der Waals surface area contributed by atoms with Crippen molar-refractivity contribution in [2.75, 3.05) is 0 Å². The molecule has 0 spiro atoms. The second kappa shape index (κ2) is 11.7. The number of aryl methyl sites for hydroxylation is 2. The maximum absolute atomic E-state index is 12.2. The van der Waals surface area contributed by atoms with Gasteiger partial charge in [-0.15, -0.1) is 20.5 Å². The SMILES string of the molecule is Cc1ccc(/N=N/c2c(S(=O)(=O)O)cc3cc(S(=O)(=O)O)c(/N=N/c4ccc(C)cc4S(=O)(=O)O)c(O)c3c2O)c(S(=O)(=O)O)c1. The lowest BCUT2D eigenvalue weighted by Crippen LogP contribution is -2.02. The topological polar surface area (TPSA) is 307 Å². The van der Waals surface area contributed by atoms with Gasteiger partial charge in [-0.2, -0.15) is 33.7 Å². The van der Waals surface area contributed by atoms with Crippen LogP contribution in [0.3, 0.4) is 0 Å². The maximum atomic E-state index is 12.2. The molecule has 0 aliphatic heterocycles. The molecule has 0 aliphatic rings. The molecule has 0 bridgehead atoms. The van der Waals surface area contributed by atoms with Gasteiger partial charge in [0.2, 0.25) is 0 Å². The molecule has 0 unspecified atom stereocenters. The van der Waals surface area contributed by atoms with Crippen molar-refractivity contribution in [2.24, 2.45) is 20.5 Å². The first kappa shape index (κ1) is 34.5. The van der Waals surface area contributed by atoms with Crippen molar-refractivity contribution >= 4 is 74.0 Å². The molecule has 0 fully saturated rings. The van der Waals surface area contributed by atoms with E-state index in [0.717, 1.165) is 24.3 Å². The predicted octanol–water partition coefficient (Wildman–Crippen LogP) is 4.69. The molecular formula is C24H20N4O14S4. The first-order valence-electron chi connectivity index (χ1n) is 12.0. The van der Waals surface area contributed by atoms with Gasteiger partial charge in [0, 0.05) is 0 Å². The van der Waals surface area contributed by atoms with E-state index in [4.69, 9.17) is 0 Å². The molecule has 0 heterocycles. The van der Waals surface area contributed by atoms with E-state index in [1.54, 1.807) is 0 Å². The molecule has 0 radical (unpaired) electrons. The fourth-order valence-corrected chi connectivity index (χ4v) is 6.81. The number of phenolic OH excluding ortho intramolecular Hbond substituents is 2. The number of nitrogens with zero attached hydrogens (tertiary/aromatic N) is 4. The zero-order chi connectivity index (χ0) is 34.6. The number of fused-ring (bicyclic) bond motifs is 1. The molecule has 0 saturated heterocycles. The third-order valence-corrected chi connectivity index (χ3v) is 9.61. The zero-order valence-corrected chi connectivity index (χ0v) is 26.3. The maximum Gasteiger partial charge on any atom is 0.296 e. The third kappa shape index (κ3) is 7.02. The van der Waals surface area contributed by atoms with Crippen LogP contribution in [0.15, 0.2) is 88.6 Å². The van der Waals surface area contributed by atoms with Crippen LogP contribution in [0, 0.1) is 13.8 Å². The number of hydrogen-bond donors (Lipinski definition) is 6. The second-order valence-corrected chi connectivity index (χ2v) is 15.0. The summed E-state index contributed by atoms with van der Waals surface area (Å²) in [5.41, 5.74) is -2.61. The molecule has 18 nitrogen and oxygen atoms in total. The summed E-state index contributed by atoms with van der Waals surface area (Å²) >= 11 is 0. The standard InChI is InChI=1S/C24H20N4O14S4/c1-11-3-5-14(16(7-11)43(31,32)33)25-27-21-18(45(37,38)39)9-13-10-19(46(40,41)42)22(24(30)20(13)23(21)29)28-26-15-6-4-12(2)8-17(15)44(34,35)36/h3-10,29-30H,1-2H3,(H,31,32,33)(H,34,35,36)(H,37,38,39)(H,40,41,42)/b27-25+,28-26+. The van der Waals surface area contributed by atoms with Gasteiger partial charge in [-0.25, -0.2) is 0 Å². The van der Waals surface area contributed by atoms with Gasteiger partial charge in [0.1, 0.15) is 42.3 Å². The van der Waals surface area contributed by atoms with E-state index < -0.39 is 105 Å². The van der Waals surface area contributed by atoms with Gasteiger partial charge < -0.3 is 10.2 Å². The van der Waals surface area contributed by atoms with Crippen molar-refractivity contribution < 1.29 is 62.1 Å². The van der Waals surface area contributed by atoms with Crippen LogP contribution in [0.25, 0.3) is 10.8 Å². The van der Waals surface area contributed by atoms with Crippen LogP contribution < -0.4 is 0 Å². The Morgan fingerprint density at radius 2 is 0.804 bits per heavy atom. The zero-order valence-electron chi connectivity index (χ0n) is 23.0. The lowest BCUT2D eigenvalue weighted by atomic mass is 10.1. The predicted molar refractivity (Wildman–Crippen MR) is 157 cm³/mol. The summed E-state index contributed by atoms with van der Waals surface area (Å²) in [6, 6.07) is 7.83. The van der Waals surface area contributed by atoms with Gasteiger partial charge in [0.15, 0.2) is 11.5 Å². The van der Waals surface area contributed by atoms with Crippen molar-refractivity contribution in [1.82, 2.24) is 0 Å². The minimum Gasteiger partial charge on any atom is -0.505 e. The Kier molecular flexibility index (Phi) is 8.79. The Hall–Kier alpha value is -4.42. The van der Waals surface area contributed by atoms with Crippen LogP contribution in [0.1, 0.15) is 11.1 Å². The quantitative estimate of drug-likeness (QED) is 0.106. The summed E-state index contributed by atoms with van der Waals surface area (Å²) in [6.07, 6.45) is 0. The van der Waals surface area contributed by atoms with E-state index in [2.05, 4.69) is 20.5 Å². The molecule has 0 saturated carbocycles. The minimum absolute atomic E-state index is 0.356. The molecule has 0 atom stereocenters. The van der Waals surface area contributed by atoms with E-state index in [-0.39, 0.29) is 0 Å². The van der Waals surface area contributed by atoms with Crippen molar-refractivity contribution in [2.45, 2.75) is 33.4 Å². The Balaban J connectivity index is 2.07. The summed E-state index contributed by atoms with van der Waals surface area (Å²) in [5, 5.41) is 34.8. The van der Waals surface area contributed by atoms with Crippen LogP contribution in [0.2, 0.25) is 0 Å². The molecule has 0 amide bonds. The highest BCUT2D eigenvalue weighted by Crippen LogP contribution is 2.50. The average molecular weight is 717 g/mol. The summed E-state index contributed by atoms with van der Waals surface area (Å²) in [7, 11) is -20.5. The van der Waals surface area contributed by atoms with Gasteiger partial charge in [0.25, 0.3) is 40.5 Å². The van der Waals surface area contributed by atoms with E-state index >= 15 is 0 Å². The molecule has 4 aromatic rings. The van der Waals surface area contributed by atoms with Crippen LogP contribution in [0.4, 0.5) is 22.7 Å². The summed E-state index contributed by atoms with van der Waals surface area (Å²) in [6.45, 7) is 2.95. The van der Waals surface area contributed by atoms with Gasteiger partial charge in [0.05, 0.1) is 5.39 Å². The summed E-state index contributed by atoms with van der Waals surface area (Å²) in [5.74, 6) is -2.58. The monoisotopic (exact) mass is 716 g/mol. The Morgan fingerprint density at radius 3 is 1.11 bits per heavy atom. The van der Waals surface area contributed by atoms with E-state index in [0.29, 0.717) is 23.3 Å². The van der Waals surface area contributed by atoms with Crippen molar-refractivity contribution in [3.05, 3.63) is 59.7 Å². The molecule has 6 N–H and O–H groups in total. The largest absolute Gasteiger partial charge is 0.505 e. The van der Waals surface area contributed by atoms with E-state index in [1.165, 1.54) is 26.0 Å². The highest BCUT2D eigenvalue weighted by molar-refractivity contribution is 7.86. The van der Waals surface area contributed by atoms with Crippen LogP contribution in [-0.2, 0) is 40.5 Å². The third-order valence-electron chi connectivity index (χ3n) is 6.11. The minimum atomic E-state index is -5.33. The van der Waals surface area contributed by atoms with Gasteiger partial charge in [-0.05, 0) is 66.8 Å². The lowest BCUT2D eigenvalue weighted by Gasteiger charge is -2.13. The first-order valence-corrected chi connectivity index (χ1v) is 17.8. The molecule has 22 heteroatoms. The highest BCUT2D eigenvalue weighted by atomic mass is 32.2. The number of benzene rings is 4. The Morgan fingerprint density at radius 1 is 0.478 bits per heavy atom. The van der Waals surface area contributed by atoms with Crippen molar-refractivity contribution in [3.63, 3.8) is 0 Å². The second-order valence-electron chi connectivity index (χ2n) is 9.48. The van der Waals surface area contributed by atoms with Crippen molar-refractivity contribution in [3.8, 4) is 11.5 Å². The normalized spacial score (nSPS) is 13.3. The average Bonchev–Trinajstić information content (AvgIpc) is 2.90. The van der Waals surface area contributed by atoms with Crippen LogP contribution in [0.5, 0.6) is 11.5 Å². The van der Waals surface area contributed by atoms with Crippen LogP contribution in [-0.4, -0.2) is 62.1 Å². The number of azo groups is 2. The smallest absolute Gasteiger partial charge is 0.296 e. The number of rotatable bonds is 8. The highest BCUT2D eigenvalue weighted by Gasteiger charge is 2.29. The molecule has 46 heavy (non-hydrogen) atoms.